The van der Waals surface area contributed by atoms with E-state index in [0.29, 0.717) is 42.9 Å². The number of unbranched alkanes of at least 4 members (excludes halogenated alkanes) is 1. The molecule has 0 spiro atoms. The van der Waals surface area contributed by atoms with Crippen LogP contribution in [-0.2, 0) is 19.1 Å². The molecular weight excluding hydrogens is 424 g/mol. The number of halogens is 1. The zero-order valence-corrected chi connectivity index (χ0v) is 20.7. The van der Waals surface area contributed by atoms with Gasteiger partial charge in [0, 0.05) is 23.6 Å². The molecule has 176 valence electrons. The van der Waals surface area contributed by atoms with E-state index in [2.05, 4.69) is 26.0 Å². The topological polar surface area (TPSA) is 60.4 Å². The number of allylic oxidation sites excluding steroid dienone is 4. The summed E-state index contributed by atoms with van der Waals surface area (Å²) in [5.74, 6) is 1.61. The Hall–Kier alpha value is -1.42. The van der Waals surface area contributed by atoms with Crippen LogP contribution < -0.4 is 0 Å². The number of rotatable bonds is 6. The first kappa shape index (κ1) is 23.7. The minimum Gasteiger partial charge on any atom is -0.450 e. The predicted molar refractivity (Wildman–Crippen MR) is 125 cm³/mol. The number of ether oxygens (including phenoxy) is 1. The van der Waals surface area contributed by atoms with E-state index in [-0.39, 0.29) is 34.3 Å². The lowest BCUT2D eigenvalue weighted by Gasteiger charge is -2.57. The van der Waals surface area contributed by atoms with Gasteiger partial charge in [0.2, 0.25) is 0 Å². The van der Waals surface area contributed by atoms with Crippen molar-refractivity contribution in [1.29, 1.82) is 0 Å². The molecule has 0 heterocycles. The third-order valence-electron chi connectivity index (χ3n) is 9.56. The molecule has 2 fully saturated rings. The van der Waals surface area contributed by atoms with Gasteiger partial charge in [0.05, 0.1) is 0 Å². The third-order valence-corrected chi connectivity index (χ3v) is 9.83. The van der Waals surface area contributed by atoms with Gasteiger partial charge < -0.3 is 4.74 Å². The number of carbonyl (C=O) groups is 3. The van der Waals surface area contributed by atoms with Gasteiger partial charge in [-0.05, 0) is 86.7 Å². The highest BCUT2D eigenvalue weighted by molar-refractivity contribution is 6.17. The van der Waals surface area contributed by atoms with Crippen molar-refractivity contribution in [3.8, 4) is 0 Å². The zero-order valence-electron chi connectivity index (χ0n) is 19.9. The van der Waals surface area contributed by atoms with E-state index < -0.39 is 5.60 Å². The first-order valence-electron chi connectivity index (χ1n) is 12.3. The number of Topliss-reactive ketones (excluding diaryl/α,β-unsaturated/α-hetero) is 1. The van der Waals surface area contributed by atoms with Crippen molar-refractivity contribution < 1.29 is 19.1 Å². The molecule has 0 N–H and O–H groups in total. The predicted octanol–water partition coefficient (Wildman–Crippen LogP) is 5.82. The highest BCUT2D eigenvalue weighted by Gasteiger charge is 2.67. The van der Waals surface area contributed by atoms with E-state index in [9.17, 15) is 14.4 Å². The van der Waals surface area contributed by atoms with Crippen molar-refractivity contribution in [2.75, 3.05) is 5.88 Å². The quantitative estimate of drug-likeness (QED) is 0.284. The molecule has 0 bridgehead atoms. The zero-order chi connectivity index (χ0) is 23.3. The fourth-order valence-corrected chi connectivity index (χ4v) is 7.96. The van der Waals surface area contributed by atoms with Crippen LogP contribution in [0.2, 0.25) is 0 Å². The van der Waals surface area contributed by atoms with Crippen LogP contribution in [0.4, 0.5) is 0 Å². The van der Waals surface area contributed by atoms with Gasteiger partial charge in [0.15, 0.2) is 17.2 Å². The Morgan fingerprint density at radius 2 is 1.88 bits per heavy atom. The van der Waals surface area contributed by atoms with Gasteiger partial charge >= 0.3 is 5.97 Å². The SMILES string of the molecule is CC(=O)[C@@]1(OC(=O)CCCCCl)CC[C@H]2[C@@H]3C=CC4=CC(=O)C(C)C[C@]4(C)[C@H]3CC[C@@]21C. The molecule has 0 aromatic heterocycles. The molecule has 7 atom stereocenters. The van der Waals surface area contributed by atoms with Crippen LogP contribution >= 0.6 is 11.6 Å². The maximum Gasteiger partial charge on any atom is 0.306 e. The van der Waals surface area contributed by atoms with Crippen molar-refractivity contribution in [3.63, 3.8) is 0 Å². The summed E-state index contributed by atoms with van der Waals surface area (Å²) in [7, 11) is 0. The molecule has 5 heteroatoms. The molecule has 4 rings (SSSR count). The molecule has 4 nitrogen and oxygen atoms in total. The van der Waals surface area contributed by atoms with Crippen molar-refractivity contribution in [2.45, 2.75) is 84.7 Å². The van der Waals surface area contributed by atoms with Crippen LogP contribution in [0.3, 0.4) is 0 Å². The summed E-state index contributed by atoms with van der Waals surface area (Å²) in [4.78, 5) is 38.1. The number of hydrogen-bond donors (Lipinski definition) is 0. The first-order chi connectivity index (χ1) is 15.1. The second-order valence-corrected chi connectivity index (χ2v) is 11.6. The first-order valence-corrected chi connectivity index (χ1v) is 12.9. The molecule has 4 aliphatic rings. The van der Waals surface area contributed by atoms with E-state index in [1.807, 2.05) is 13.0 Å². The highest BCUT2D eigenvalue weighted by Crippen LogP contribution is 2.67. The van der Waals surface area contributed by atoms with Crippen LogP contribution in [0.25, 0.3) is 0 Å². The lowest BCUT2D eigenvalue weighted by molar-refractivity contribution is -0.187. The van der Waals surface area contributed by atoms with Crippen LogP contribution in [0.1, 0.15) is 79.1 Å². The van der Waals surface area contributed by atoms with Gasteiger partial charge in [-0.2, -0.15) is 0 Å². The summed E-state index contributed by atoms with van der Waals surface area (Å²) >= 11 is 5.75. The molecule has 2 saturated carbocycles. The summed E-state index contributed by atoms with van der Waals surface area (Å²) in [6.45, 7) is 8.15. The van der Waals surface area contributed by atoms with E-state index >= 15 is 0 Å². The van der Waals surface area contributed by atoms with E-state index in [1.165, 1.54) is 5.57 Å². The Balaban J connectivity index is 1.64. The van der Waals surface area contributed by atoms with Gasteiger partial charge in [0.1, 0.15) is 0 Å². The Labute approximate surface area is 197 Å². The maximum atomic E-state index is 13.1. The molecule has 4 aliphatic carbocycles. The molecule has 0 saturated heterocycles. The fourth-order valence-electron chi connectivity index (χ4n) is 7.77. The largest absolute Gasteiger partial charge is 0.450 e. The van der Waals surface area contributed by atoms with Crippen molar-refractivity contribution >= 4 is 29.1 Å². The molecule has 32 heavy (non-hydrogen) atoms. The van der Waals surface area contributed by atoms with Gasteiger partial charge in [-0.15, -0.1) is 11.6 Å². The molecule has 0 aromatic rings. The van der Waals surface area contributed by atoms with Gasteiger partial charge in [-0.25, -0.2) is 0 Å². The summed E-state index contributed by atoms with van der Waals surface area (Å²) < 4.78 is 6.11. The number of ketones is 2. The van der Waals surface area contributed by atoms with Gasteiger partial charge in [0.25, 0.3) is 0 Å². The molecule has 0 aliphatic heterocycles. The Morgan fingerprint density at radius 1 is 1.16 bits per heavy atom. The molecule has 0 aromatic carbocycles. The maximum absolute atomic E-state index is 13.1. The van der Waals surface area contributed by atoms with Gasteiger partial charge in [-0.1, -0.05) is 32.9 Å². The Morgan fingerprint density at radius 3 is 2.56 bits per heavy atom. The van der Waals surface area contributed by atoms with Crippen molar-refractivity contribution in [3.05, 3.63) is 23.8 Å². The average Bonchev–Trinajstić information content (AvgIpc) is 3.03. The molecule has 0 amide bonds. The van der Waals surface area contributed by atoms with Crippen LogP contribution in [0.5, 0.6) is 0 Å². The summed E-state index contributed by atoms with van der Waals surface area (Å²) in [5.41, 5.74) is -0.220. The highest BCUT2D eigenvalue weighted by atomic mass is 35.5. The van der Waals surface area contributed by atoms with E-state index in [4.69, 9.17) is 16.3 Å². The van der Waals surface area contributed by atoms with Gasteiger partial charge in [-0.3, -0.25) is 14.4 Å². The second-order valence-electron chi connectivity index (χ2n) is 11.2. The lowest BCUT2D eigenvalue weighted by Crippen LogP contribution is -2.58. The van der Waals surface area contributed by atoms with E-state index in [1.54, 1.807) is 6.92 Å². The second kappa shape index (κ2) is 8.42. The monoisotopic (exact) mass is 460 g/mol. The summed E-state index contributed by atoms with van der Waals surface area (Å²) in [5, 5.41) is 0. The minimum absolute atomic E-state index is 0.00617. The normalized spacial score (nSPS) is 42.5. The lowest BCUT2D eigenvalue weighted by atomic mass is 9.47. The number of carbonyl (C=O) groups excluding carboxylic acids is 3. The molecule has 1 unspecified atom stereocenters. The third kappa shape index (κ3) is 3.43. The summed E-state index contributed by atoms with van der Waals surface area (Å²) in [6.07, 6.45) is 12.3. The number of fused-ring (bicyclic) bond motifs is 5. The van der Waals surface area contributed by atoms with Crippen LogP contribution in [-0.4, -0.2) is 29.0 Å². The fraction of sp³-hybridized carbons (Fsp3) is 0.741. The summed E-state index contributed by atoms with van der Waals surface area (Å²) in [6, 6.07) is 0. The molecular formula is C27H37ClO4. The smallest absolute Gasteiger partial charge is 0.306 e. The number of hydrogen-bond acceptors (Lipinski definition) is 4. The van der Waals surface area contributed by atoms with Crippen LogP contribution in [0, 0.1) is 34.5 Å². The van der Waals surface area contributed by atoms with Crippen molar-refractivity contribution in [1.82, 2.24) is 0 Å². The molecule has 0 radical (unpaired) electrons. The van der Waals surface area contributed by atoms with E-state index in [0.717, 1.165) is 32.1 Å². The minimum atomic E-state index is -1.03. The Kier molecular flexibility index (Phi) is 6.24. The number of alkyl halides is 1. The standard InChI is InChI=1S/C27H37ClO4/c1-17-16-25(3)19(15-23(17)30)8-9-20-21(25)10-12-26(4)22(20)11-13-27(26,18(2)29)32-24(31)7-5-6-14-28/h8-9,15,17,20-22H,5-7,10-14,16H2,1-4H3/t17?,20-,21+,22+,25+,26+,27+/m1/s1. The van der Waals surface area contributed by atoms with Crippen LogP contribution in [0.15, 0.2) is 23.8 Å². The van der Waals surface area contributed by atoms with Crippen molar-refractivity contribution in [2.24, 2.45) is 34.5 Å². The average molecular weight is 461 g/mol. The Bertz CT molecular complexity index is 875. The number of esters is 1.